The number of aliphatic imine (C=N–C) groups is 1. The van der Waals surface area contributed by atoms with Gasteiger partial charge in [0, 0.05) is 50.9 Å². The Morgan fingerprint density at radius 2 is 2.00 bits per heavy atom. The molecule has 0 bridgehead atoms. The zero-order valence-electron chi connectivity index (χ0n) is 18.5. The third-order valence-corrected chi connectivity index (χ3v) is 7.51. The highest BCUT2D eigenvalue weighted by atomic mass is 127. The van der Waals surface area contributed by atoms with E-state index in [1.54, 1.807) is 0 Å². The first-order chi connectivity index (χ1) is 14.4. The lowest BCUT2D eigenvalue weighted by molar-refractivity contribution is -0.0502. The van der Waals surface area contributed by atoms with E-state index in [2.05, 4.69) is 52.4 Å². The molecule has 4 rings (SSSR count). The number of morpholine rings is 1. The molecule has 1 aromatic rings. The molecule has 1 aliphatic carbocycles. The minimum Gasteiger partial charge on any atom is -0.373 e. The molecule has 3 aliphatic rings. The second kappa shape index (κ2) is 10.4. The fraction of sp³-hybridized carbons (Fsp3) is 0.682. The number of halogens is 1. The average molecular weight is 563 g/mol. The molecule has 2 unspecified atom stereocenters. The molecule has 31 heavy (non-hydrogen) atoms. The number of hydrogen-bond donors (Lipinski definition) is 1. The van der Waals surface area contributed by atoms with Crippen LogP contribution in [-0.2, 0) is 21.1 Å². The Hall–Kier alpha value is -0.910. The standard InChI is InChI=1S/C22H34N4O3S.HI/c1-3-23-21(24-16-22(9-10-22)17-30(2,27)28)26-14-19-20(15-26)29-12-11-25(19)13-18-7-5-4-6-8-18;/h4-8,19-20H,3,9-17H2,1-2H3,(H,23,24);1H. The highest BCUT2D eigenvalue weighted by Gasteiger charge is 2.46. The summed E-state index contributed by atoms with van der Waals surface area (Å²) in [5, 5.41) is 3.41. The third kappa shape index (κ3) is 6.55. The van der Waals surface area contributed by atoms with Gasteiger partial charge >= 0.3 is 0 Å². The van der Waals surface area contributed by atoms with Crippen LogP contribution in [0.3, 0.4) is 0 Å². The van der Waals surface area contributed by atoms with Crippen molar-refractivity contribution < 1.29 is 13.2 Å². The molecule has 3 fully saturated rings. The van der Waals surface area contributed by atoms with Crippen LogP contribution in [0, 0.1) is 5.41 Å². The molecule has 1 aromatic carbocycles. The first kappa shape index (κ1) is 24.7. The van der Waals surface area contributed by atoms with E-state index < -0.39 is 9.84 Å². The van der Waals surface area contributed by atoms with Gasteiger partial charge in [-0.25, -0.2) is 8.42 Å². The van der Waals surface area contributed by atoms with Gasteiger partial charge in [0.05, 0.1) is 24.5 Å². The maximum atomic E-state index is 11.8. The van der Waals surface area contributed by atoms with Gasteiger partial charge in [-0.1, -0.05) is 30.3 Å². The zero-order valence-corrected chi connectivity index (χ0v) is 21.6. The Morgan fingerprint density at radius 1 is 1.26 bits per heavy atom. The van der Waals surface area contributed by atoms with Crippen molar-refractivity contribution in [1.29, 1.82) is 0 Å². The number of likely N-dealkylation sites (tertiary alicyclic amines) is 1. The van der Waals surface area contributed by atoms with Crippen LogP contribution >= 0.6 is 24.0 Å². The molecule has 0 spiro atoms. The van der Waals surface area contributed by atoms with E-state index in [1.807, 2.05) is 0 Å². The zero-order chi connectivity index (χ0) is 21.2. The second-order valence-electron chi connectivity index (χ2n) is 9.08. The summed E-state index contributed by atoms with van der Waals surface area (Å²) < 4.78 is 29.7. The van der Waals surface area contributed by atoms with Crippen LogP contribution < -0.4 is 5.32 Å². The quantitative estimate of drug-likeness (QED) is 0.312. The van der Waals surface area contributed by atoms with Gasteiger partial charge in [0.25, 0.3) is 0 Å². The number of fused-ring (bicyclic) bond motifs is 1. The van der Waals surface area contributed by atoms with Crippen LogP contribution in [0.1, 0.15) is 25.3 Å². The largest absolute Gasteiger partial charge is 0.373 e. The van der Waals surface area contributed by atoms with Crippen molar-refractivity contribution in [3.05, 3.63) is 35.9 Å². The Bertz CT molecular complexity index is 861. The summed E-state index contributed by atoms with van der Waals surface area (Å²) in [7, 11) is -2.98. The summed E-state index contributed by atoms with van der Waals surface area (Å²) in [5.41, 5.74) is 1.17. The molecule has 0 radical (unpaired) electrons. The predicted molar refractivity (Wildman–Crippen MR) is 135 cm³/mol. The number of guanidine groups is 1. The van der Waals surface area contributed by atoms with Gasteiger partial charge in [-0.2, -0.15) is 0 Å². The van der Waals surface area contributed by atoms with Gasteiger partial charge in [0.1, 0.15) is 9.84 Å². The van der Waals surface area contributed by atoms with E-state index in [-0.39, 0.29) is 41.2 Å². The normalized spacial score (nSPS) is 25.6. The fourth-order valence-electron chi connectivity index (χ4n) is 4.69. The van der Waals surface area contributed by atoms with Gasteiger partial charge in [-0.3, -0.25) is 9.89 Å². The fourth-order valence-corrected chi connectivity index (χ4v) is 6.19. The molecule has 2 atom stereocenters. The van der Waals surface area contributed by atoms with E-state index in [4.69, 9.17) is 9.73 Å². The molecule has 2 heterocycles. The molecule has 2 aliphatic heterocycles. The van der Waals surface area contributed by atoms with Crippen molar-refractivity contribution in [3.63, 3.8) is 0 Å². The summed E-state index contributed by atoms with van der Waals surface area (Å²) in [4.78, 5) is 9.69. The summed E-state index contributed by atoms with van der Waals surface area (Å²) >= 11 is 0. The van der Waals surface area contributed by atoms with Crippen LogP contribution in [-0.4, -0.2) is 87.7 Å². The van der Waals surface area contributed by atoms with Crippen molar-refractivity contribution in [1.82, 2.24) is 15.1 Å². The van der Waals surface area contributed by atoms with Crippen LogP contribution in [0.2, 0.25) is 0 Å². The van der Waals surface area contributed by atoms with Gasteiger partial charge in [-0.15, -0.1) is 24.0 Å². The van der Waals surface area contributed by atoms with Crippen molar-refractivity contribution in [2.24, 2.45) is 10.4 Å². The van der Waals surface area contributed by atoms with E-state index in [0.717, 1.165) is 58.1 Å². The predicted octanol–water partition coefficient (Wildman–Crippen LogP) is 1.98. The number of hydrogen-bond acceptors (Lipinski definition) is 5. The first-order valence-corrected chi connectivity index (χ1v) is 13.0. The minimum absolute atomic E-state index is 0. The molecule has 0 amide bonds. The van der Waals surface area contributed by atoms with Crippen LogP contribution in [0.15, 0.2) is 35.3 Å². The van der Waals surface area contributed by atoms with Gasteiger partial charge in [0.2, 0.25) is 0 Å². The monoisotopic (exact) mass is 562 g/mol. The summed E-state index contributed by atoms with van der Waals surface area (Å²) in [5.74, 6) is 1.12. The molecule has 2 saturated heterocycles. The molecular formula is C22H35IN4O3S. The lowest BCUT2D eigenvalue weighted by Gasteiger charge is -2.36. The highest BCUT2D eigenvalue weighted by molar-refractivity contribution is 14.0. The highest BCUT2D eigenvalue weighted by Crippen LogP contribution is 2.47. The number of rotatable bonds is 7. The van der Waals surface area contributed by atoms with Crippen molar-refractivity contribution in [3.8, 4) is 0 Å². The minimum atomic E-state index is -2.98. The SMILES string of the molecule is CCNC(=NCC1(CS(C)(=O)=O)CC1)N1CC2OCCN(Cc3ccccc3)C2C1.I. The van der Waals surface area contributed by atoms with Gasteiger partial charge < -0.3 is 15.0 Å². The molecule has 7 nitrogen and oxygen atoms in total. The third-order valence-electron chi connectivity index (χ3n) is 6.37. The average Bonchev–Trinajstić information content (AvgIpc) is 3.30. The van der Waals surface area contributed by atoms with E-state index in [0.29, 0.717) is 12.6 Å². The van der Waals surface area contributed by atoms with Gasteiger partial charge in [-0.05, 0) is 25.3 Å². The summed E-state index contributed by atoms with van der Waals surface area (Å²) in [6.45, 7) is 7.76. The second-order valence-corrected chi connectivity index (χ2v) is 11.2. The molecule has 1 saturated carbocycles. The van der Waals surface area contributed by atoms with Crippen molar-refractivity contribution >= 4 is 39.8 Å². The lowest BCUT2D eigenvalue weighted by atomic mass is 10.1. The van der Waals surface area contributed by atoms with Crippen LogP contribution in [0.4, 0.5) is 0 Å². The maximum Gasteiger partial charge on any atom is 0.194 e. The Balaban J connectivity index is 0.00000272. The van der Waals surface area contributed by atoms with E-state index in [9.17, 15) is 8.42 Å². The number of sulfone groups is 1. The number of ether oxygens (including phenoxy) is 1. The van der Waals surface area contributed by atoms with Crippen LogP contribution in [0.5, 0.6) is 0 Å². The number of benzene rings is 1. The van der Waals surface area contributed by atoms with Crippen molar-refractivity contribution in [2.45, 2.75) is 38.5 Å². The lowest BCUT2D eigenvalue weighted by Crippen LogP contribution is -2.50. The summed E-state index contributed by atoms with van der Waals surface area (Å²) in [6, 6.07) is 10.9. The number of nitrogens with one attached hydrogen (secondary N) is 1. The summed E-state index contributed by atoms with van der Waals surface area (Å²) in [6.07, 6.45) is 3.40. The maximum absolute atomic E-state index is 11.8. The first-order valence-electron chi connectivity index (χ1n) is 11.0. The number of nitrogens with zero attached hydrogens (tertiary/aromatic N) is 3. The Kier molecular flexibility index (Phi) is 8.26. The topological polar surface area (TPSA) is 74.2 Å². The smallest absolute Gasteiger partial charge is 0.194 e. The van der Waals surface area contributed by atoms with Gasteiger partial charge in [0.15, 0.2) is 5.96 Å². The molecule has 174 valence electrons. The van der Waals surface area contributed by atoms with E-state index >= 15 is 0 Å². The van der Waals surface area contributed by atoms with Crippen LogP contribution in [0.25, 0.3) is 0 Å². The van der Waals surface area contributed by atoms with E-state index in [1.165, 1.54) is 11.8 Å². The molecule has 1 N–H and O–H groups in total. The Morgan fingerprint density at radius 3 is 2.65 bits per heavy atom. The molecular weight excluding hydrogens is 527 g/mol. The molecule has 0 aromatic heterocycles. The van der Waals surface area contributed by atoms with Crippen molar-refractivity contribution in [2.75, 3.05) is 51.3 Å². The Labute approximate surface area is 203 Å². The molecule has 9 heteroatoms.